The fourth-order valence-corrected chi connectivity index (χ4v) is 4.23. The fraction of sp³-hybridized carbons (Fsp3) is 0.0909. The molecule has 0 aliphatic rings. The Bertz CT molecular complexity index is 1170. The monoisotopic (exact) mass is 433 g/mol. The summed E-state index contributed by atoms with van der Waals surface area (Å²) in [7, 11) is 0. The number of nitrogens with one attached hydrogen (secondary N) is 1. The topological polar surface area (TPSA) is 103 Å². The van der Waals surface area contributed by atoms with Crippen LogP contribution in [-0.4, -0.2) is 18.0 Å². The van der Waals surface area contributed by atoms with Gasteiger partial charge in [0.05, 0.1) is 16.7 Å². The molecule has 1 heterocycles. The lowest BCUT2D eigenvalue weighted by atomic mass is 10.2. The van der Waals surface area contributed by atoms with Crippen molar-refractivity contribution in [2.24, 2.45) is 0 Å². The van der Waals surface area contributed by atoms with Gasteiger partial charge in [-0.05, 0) is 42.6 Å². The zero-order valence-corrected chi connectivity index (χ0v) is 17.4. The van der Waals surface area contributed by atoms with Crippen LogP contribution in [0, 0.1) is 22.7 Å². The van der Waals surface area contributed by atoms with E-state index < -0.39 is 18.0 Å². The number of benzene rings is 2. The van der Waals surface area contributed by atoms with Gasteiger partial charge in [-0.2, -0.15) is 10.5 Å². The number of carbonyl (C=O) groups is 2. The lowest BCUT2D eigenvalue weighted by Crippen LogP contribution is -2.30. The summed E-state index contributed by atoms with van der Waals surface area (Å²) in [5.74, 6) is -1.18. The Morgan fingerprint density at radius 1 is 1.00 bits per heavy atom. The minimum absolute atomic E-state index is 0.295. The molecular formula is C22H15N3O3S2. The van der Waals surface area contributed by atoms with Gasteiger partial charge in [-0.25, -0.2) is 4.79 Å². The summed E-state index contributed by atoms with van der Waals surface area (Å²) in [5.41, 5.74) is 1.15. The van der Waals surface area contributed by atoms with Crippen LogP contribution in [-0.2, 0) is 9.53 Å². The highest BCUT2D eigenvalue weighted by atomic mass is 32.2. The minimum atomic E-state index is -1.06. The van der Waals surface area contributed by atoms with E-state index in [2.05, 4.69) is 11.4 Å². The molecule has 3 rings (SSSR count). The second kappa shape index (κ2) is 9.75. The first-order chi connectivity index (χ1) is 14.5. The molecule has 2 aromatic carbocycles. The van der Waals surface area contributed by atoms with E-state index in [1.165, 1.54) is 30.0 Å². The molecular weight excluding hydrogens is 418 g/mol. The number of carbonyl (C=O) groups excluding carboxylic acids is 2. The molecule has 0 fully saturated rings. The minimum Gasteiger partial charge on any atom is -0.449 e. The molecule has 0 saturated carbocycles. The van der Waals surface area contributed by atoms with Gasteiger partial charge in [0.15, 0.2) is 6.10 Å². The van der Waals surface area contributed by atoms with Crippen LogP contribution in [0.25, 0.3) is 0 Å². The number of rotatable bonds is 6. The van der Waals surface area contributed by atoms with Gasteiger partial charge in [0.25, 0.3) is 5.91 Å². The molecule has 1 atom stereocenters. The first-order valence-electron chi connectivity index (χ1n) is 8.79. The average molecular weight is 434 g/mol. The Labute approximate surface area is 181 Å². The molecule has 1 amide bonds. The SMILES string of the molecule is CC(OC(=O)c1ccccc1Sc1ccccc1C#N)C(=O)Nc1sccc1C#N. The molecule has 30 heavy (non-hydrogen) atoms. The van der Waals surface area contributed by atoms with Gasteiger partial charge in [-0.15, -0.1) is 11.3 Å². The van der Waals surface area contributed by atoms with E-state index in [0.717, 1.165) is 0 Å². The Balaban J connectivity index is 1.73. The molecule has 0 saturated heterocycles. The van der Waals surface area contributed by atoms with Crippen molar-refractivity contribution in [1.29, 1.82) is 10.5 Å². The van der Waals surface area contributed by atoms with E-state index in [-0.39, 0.29) is 0 Å². The molecule has 1 N–H and O–H groups in total. The summed E-state index contributed by atoms with van der Waals surface area (Å²) in [6.07, 6.45) is -1.06. The molecule has 6 nitrogen and oxygen atoms in total. The van der Waals surface area contributed by atoms with Crippen LogP contribution in [0.15, 0.2) is 69.8 Å². The number of nitrogens with zero attached hydrogens (tertiary/aromatic N) is 2. The van der Waals surface area contributed by atoms with E-state index >= 15 is 0 Å². The number of hydrogen-bond acceptors (Lipinski definition) is 7. The predicted octanol–water partition coefficient (Wildman–Crippen LogP) is 4.83. The van der Waals surface area contributed by atoms with Gasteiger partial charge in [0, 0.05) is 9.79 Å². The van der Waals surface area contributed by atoms with Gasteiger partial charge in [-0.1, -0.05) is 36.0 Å². The van der Waals surface area contributed by atoms with Crippen LogP contribution in [0.1, 0.15) is 28.4 Å². The van der Waals surface area contributed by atoms with Crippen molar-refractivity contribution in [2.75, 3.05) is 5.32 Å². The lowest BCUT2D eigenvalue weighted by Gasteiger charge is -2.15. The number of anilines is 1. The van der Waals surface area contributed by atoms with Crippen molar-refractivity contribution >= 4 is 40.0 Å². The summed E-state index contributed by atoms with van der Waals surface area (Å²) >= 11 is 2.50. The summed E-state index contributed by atoms with van der Waals surface area (Å²) in [6, 6.07) is 19.7. The van der Waals surface area contributed by atoms with E-state index in [9.17, 15) is 14.9 Å². The summed E-state index contributed by atoms with van der Waals surface area (Å²) in [5, 5.41) is 23.0. The fourth-order valence-electron chi connectivity index (χ4n) is 2.48. The molecule has 0 radical (unpaired) electrons. The van der Waals surface area contributed by atoms with E-state index in [1.807, 2.05) is 12.1 Å². The molecule has 148 valence electrons. The zero-order valence-electron chi connectivity index (χ0n) is 15.8. The predicted molar refractivity (Wildman–Crippen MR) is 114 cm³/mol. The quantitative estimate of drug-likeness (QED) is 0.559. The maximum absolute atomic E-state index is 12.7. The van der Waals surface area contributed by atoms with Crippen LogP contribution < -0.4 is 5.32 Å². The van der Waals surface area contributed by atoms with Crippen molar-refractivity contribution in [1.82, 2.24) is 0 Å². The highest BCUT2D eigenvalue weighted by Crippen LogP contribution is 2.33. The van der Waals surface area contributed by atoms with Crippen molar-refractivity contribution in [3.05, 3.63) is 76.7 Å². The Kier molecular flexibility index (Phi) is 6.87. The van der Waals surface area contributed by atoms with Crippen LogP contribution in [0.5, 0.6) is 0 Å². The van der Waals surface area contributed by atoms with Crippen molar-refractivity contribution in [3.8, 4) is 12.1 Å². The summed E-state index contributed by atoms with van der Waals surface area (Å²) in [6.45, 7) is 1.47. The smallest absolute Gasteiger partial charge is 0.340 e. The second-order valence-electron chi connectivity index (χ2n) is 6.02. The molecule has 0 aliphatic heterocycles. The summed E-state index contributed by atoms with van der Waals surface area (Å²) < 4.78 is 5.35. The number of amides is 1. The van der Waals surface area contributed by atoms with Crippen molar-refractivity contribution in [2.45, 2.75) is 22.8 Å². The van der Waals surface area contributed by atoms with Crippen LogP contribution in [0.3, 0.4) is 0 Å². The van der Waals surface area contributed by atoms with Crippen molar-refractivity contribution in [3.63, 3.8) is 0 Å². The largest absolute Gasteiger partial charge is 0.449 e. The molecule has 0 aliphatic carbocycles. The first-order valence-corrected chi connectivity index (χ1v) is 10.5. The first kappa shape index (κ1) is 21.1. The van der Waals surface area contributed by atoms with Gasteiger partial charge in [0.2, 0.25) is 0 Å². The third kappa shape index (κ3) is 4.87. The zero-order chi connectivity index (χ0) is 21.5. The van der Waals surface area contributed by atoms with E-state index in [0.29, 0.717) is 31.5 Å². The molecule has 0 spiro atoms. The van der Waals surface area contributed by atoms with Gasteiger partial charge in [0.1, 0.15) is 17.1 Å². The maximum Gasteiger partial charge on any atom is 0.340 e. The third-order valence-corrected chi connectivity index (χ3v) is 5.99. The highest BCUT2D eigenvalue weighted by Gasteiger charge is 2.22. The molecule has 1 unspecified atom stereocenters. The molecule has 1 aromatic heterocycles. The number of esters is 1. The van der Waals surface area contributed by atoms with Gasteiger partial charge in [-0.3, -0.25) is 4.79 Å². The van der Waals surface area contributed by atoms with Crippen LogP contribution in [0.2, 0.25) is 0 Å². The van der Waals surface area contributed by atoms with Gasteiger partial charge < -0.3 is 10.1 Å². The van der Waals surface area contributed by atoms with Crippen LogP contribution >= 0.6 is 23.1 Å². The highest BCUT2D eigenvalue weighted by molar-refractivity contribution is 7.99. The normalized spacial score (nSPS) is 11.0. The van der Waals surface area contributed by atoms with E-state index in [4.69, 9.17) is 10.00 Å². The van der Waals surface area contributed by atoms with Crippen LogP contribution in [0.4, 0.5) is 5.00 Å². The third-order valence-electron chi connectivity index (χ3n) is 4.01. The standard InChI is InChI=1S/C22H15N3O3S2/c1-14(20(26)25-21-16(13-24)10-11-29-21)28-22(27)17-7-3-5-9-19(17)30-18-8-4-2-6-15(18)12-23/h2-11,14H,1H3,(H,25,26). The maximum atomic E-state index is 12.7. The lowest BCUT2D eigenvalue weighted by molar-refractivity contribution is -0.123. The molecule has 3 aromatic rings. The summed E-state index contributed by atoms with van der Waals surface area (Å²) in [4.78, 5) is 26.4. The van der Waals surface area contributed by atoms with E-state index in [1.54, 1.807) is 53.9 Å². The molecule has 8 heteroatoms. The van der Waals surface area contributed by atoms with Crippen molar-refractivity contribution < 1.29 is 14.3 Å². The van der Waals surface area contributed by atoms with Gasteiger partial charge >= 0.3 is 5.97 Å². The number of ether oxygens (including phenoxy) is 1. The number of nitriles is 2. The number of thiophene rings is 1. The Hall–Kier alpha value is -3.59. The average Bonchev–Trinajstić information content (AvgIpc) is 3.21. The Morgan fingerprint density at radius 2 is 1.67 bits per heavy atom. The molecule has 0 bridgehead atoms. The second-order valence-corrected chi connectivity index (χ2v) is 8.02. The number of hydrogen-bond donors (Lipinski definition) is 1. The Morgan fingerprint density at radius 3 is 2.40 bits per heavy atom.